The second-order valence-electron chi connectivity index (χ2n) is 17.4. The fraction of sp³-hybridized carbons (Fsp3) is 0.360. The SMILES string of the molecule is O=C([O-])C[C@H](O)C[C@H](O)[C@H]1Cc2c(C3CC3)nc3ccccc3c2-c2ccc(F)cc21.O=C([O-])C[C@H](O)C[C@H](O)[C@H]1Cc2c(C3CC3)nc3ccccc3c2-c2ccc(F)cc21.[Ca+2]. The number of aromatic nitrogens is 2. The summed E-state index contributed by atoms with van der Waals surface area (Å²) in [4.78, 5) is 31.5. The maximum atomic E-state index is 14.2. The van der Waals surface area contributed by atoms with Gasteiger partial charge in [-0.15, -0.1) is 0 Å². The number of carbonyl (C=O) groups is 2. The van der Waals surface area contributed by atoms with Gasteiger partial charge in [-0.05, 0) is 119 Å². The molecule has 0 aliphatic heterocycles. The van der Waals surface area contributed by atoms with Gasteiger partial charge < -0.3 is 40.2 Å². The zero-order valence-electron chi connectivity index (χ0n) is 34.6. The molecule has 10 rings (SSSR count). The van der Waals surface area contributed by atoms with Gasteiger partial charge in [-0.1, -0.05) is 48.5 Å². The van der Waals surface area contributed by atoms with Crippen LogP contribution in [0.4, 0.5) is 8.78 Å². The van der Waals surface area contributed by atoms with Crippen molar-refractivity contribution in [2.45, 2.75) is 112 Å². The fourth-order valence-electron chi connectivity index (χ4n) is 9.88. The summed E-state index contributed by atoms with van der Waals surface area (Å²) in [5, 5.41) is 65.6. The summed E-state index contributed by atoms with van der Waals surface area (Å²) in [6, 6.07) is 25.1. The van der Waals surface area contributed by atoms with Crippen molar-refractivity contribution in [3.05, 3.63) is 130 Å². The molecule has 13 heteroatoms. The summed E-state index contributed by atoms with van der Waals surface area (Å²) in [5.74, 6) is -3.67. The van der Waals surface area contributed by atoms with Crippen LogP contribution in [-0.2, 0) is 22.4 Å². The first-order chi connectivity index (χ1) is 29.8. The Morgan fingerprint density at radius 2 is 0.984 bits per heavy atom. The van der Waals surface area contributed by atoms with Crippen molar-refractivity contribution in [1.82, 2.24) is 9.97 Å². The Morgan fingerprint density at radius 3 is 1.35 bits per heavy atom. The normalized spacial score (nSPS) is 19.2. The summed E-state index contributed by atoms with van der Waals surface area (Å²) in [7, 11) is 0. The fourth-order valence-corrected chi connectivity index (χ4v) is 9.88. The number of nitrogens with zero attached hydrogens (tertiary/aromatic N) is 2. The average molecular weight is 881 g/mol. The first kappa shape index (κ1) is 45.2. The standard InChI is InChI=1S/2C25H24FNO4.Ca/c2*26-14-7-8-16-18(9-14)19(22(29)10-15(28)11-23(30)31)12-20-24(16)17-3-1-2-4-21(17)27-25(20)13-5-6-13;/h2*1-4,7-9,13,15,19,22,28-29H,5-6,10-12H2,(H,30,31);/q;;+2/p-2/t2*15-,19+,22+;/m11./s1. The van der Waals surface area contributed by atoms with E-state index in [4.69, 9.17) is 9.97 Å². The van der Waals surface area contributed by atoms with E-state index in [9.17, 15) is 49.0 Å². The molecular formula is C50H46CaF2N2O8. The number of carboxylic acid groups (broad SMARTS) is 2. The van der Waals surface area contributed by atoms with Crippen molar-refractivity contribution in [3.63, 3.8) is 0 Å². The largest absolute Gasteiger partial charge is 2.00 e. The molecule has 0 spiro atoms. The number of hydrogen-bond acceptors (Lipinski definition) is 10. The average Bonchev–Trinajstić information content (AvgIpc) is 4.17. The molecule has 2 saturated carbocycles. The molecule has 0 radical (unpaired) electrons. The van der Waals surface area contributed by atoms with E-state index in [0.29, 0.717) is 35.8 Å². The molecule has 4 aromatic carbocycles. The topological polar surface area (TPSA) is 187 Å². The summed E-state index contributed by atoms with van der Waals surface area (Å²) >= 11 is 0. The number of aliphatic hydroxyl groups excluding tert-OH is 4. The van der Waals surface area contributed by atoms with Crippen LogP contribution in [0, 0.1) is 11.6 Å². The first-order valence-corrected chi connectivity index (χ1v) is 21.4. The minimum atomic E-state index is -1.37. The van der Waals surface area contributed by atoms with E-state index in [2.05, 4.69) is 0 Å². The Hall–Kier alpha value is -4.40. The Morgan fingerprint density at radius 1 is 0.603 bits per heavy atom. The van der Waals surface area contributed by atoms with Gasteiger partial charge in [-0.25, -0.2) is 8.78 Å². The van der Waals surface area contributed by atoms with Gasteiger partial charge in [-0.3, -0.25) is 9.97 Å². The molecule has 0 bridgehead atoms. The van der Waals surface area contributed by atoms with Gasteiger partial charge in [0.25, 0.3) is 0 Å². The van der Waals surface area contributed by atoms with Crippen molar-refractivity contribution in [1.29, 1.82) is 0 Å². The summed E-state index contributed by atoms with van der Waals surface area (Å²) in [6.45, 7) is 0. The summed E-state index contributed by atoms with van der Waals surface area (Å²) < 4.78 is 28.5. The number of carbonyl (C=O) groups excluding carboxylic acids is 2. The smallest absolute Gasteiger partial charge is 0.550 e. The van der Waals surface area contributed by atoms with Crippen molar-refractivity contribution in [2.75, 3.05) is 0 Å². The number of aliphatic hydroxyl groups is 4. The third-order valence-corrected chi connectivity index (χ3v) is 13.0. The Balaban J connectivity index is 0.000000170. The van der Waals surface area contributed by atoms with E-state index < -0.39 is 72.7 Å². The molecule has 6 aromatic rings. The molecular weight excluding hydrogens is 835 g/mol. The molecule has 2 heterocycles. The Bertz CT molecular complexity index is 2540. The van der Waals surface area contributed by atoms with Crippen LogP contribution in [0.2, 0.25) is 0 Å². The maximum absolute atomic E-state index is 14.2. The quantitative estimate of drug-likeness (QED) is 0.119. The van der Waals surface area contributed by atoms with Gasteiger partial charge in [0.15, 0.2) is 0 Å². The van der Waals surface area contributed by atoms with Crippen molar-refractivity contribution in [2.24, 2.45) is 0 Å². The van der Waals surface area contributed by atoms with Gasteiger partial charge >= 0.3 is 37.7 Å². The molecule has 4 aliphatic carbocycles. The number of carboxylic acids is 2. The maximum Gasteiger partial charge on any atom is 2.00 e. The monoisotopic (exact) mass is 880 g/mol. The number of fused-ring (bicyclic) bond motifs is 10. The molecule has 0 amide bonds. The van der Waals surface area contributed by atoms with Crippen LogP contribution in [0.3, 0.4) is 0 Å². The number of pyridine rings is 2. The van der Waals surface area contributed by atoms with E-state index in [0.717, 1.165) is 92.3 Å². The van der Waals surface area contributed by atoms with Gasteiger partial charge in [0, 0.05) is 83.5 Å². The second-order valence-corrected chi connectivity index (χ2v) is 17.4. The number of aliphatic carboxylic acids is 2. The molecule has 10 nitrogen and oxygen atoms in total. The van der Waals surface area contributed by atoms with Crippen LogP contribution in [0.15, 0.2) is 84.9 Å². The van der Waals surface area contributed by atoms with Gasteiger partial charge in [-0.2, -0.15) is 0 Å². The Kier molecular flexibility index (Phi) is 13.3. The molecule has 0 saturated heterocycles. The molecule has 2 aromatic heterocycles. The minimum absolute atomic E-state index is 0. The molecule has 320 valence electrons. The second kappa shape index (κ2) is 18.6. The number of halogens is 2. The van der Waals surface area contributed by atoms with Gasteiger partial charge in [0.1, 0.15) is 11.6 Å². The zero-order valence-corrected chi connectivity index (χ0v) is 36.8. The van der Waals surface area contributed by atoms with Crippen LogP contribution >= 0.6 is 0 Å². The third kappa shape index (κ3) is 9.40. The molecule has 4 aliphatic rings. The van der Waals surface area contributed by atoms with Crippen LogP contribution in [-0.4, -0.2) is 104 Å². The predicted octanol–water partition coefficient (Wildman–Crippen LogP) is 5.24. The predicted molar refractivity (Wildman–Crippen MR) is 229 cm³/mol. The van der Waals surface area contributed by atoms with E-state index in [1.54, 1.807) is 12.1 Å². The zero-order chi connectivity index (χ0) is 43.4. The van der Waals surface area contributed by atoms with E-state index in [1.165, 1.54) is 24.3 Å². The molecule has 6 atom stereocenters. The van der Waals surface area contributed by atoms with Crippen molar-refractivity contribution in [3.8, 4) is 22.3 Å². The number of para-hydroxylation sites is 2. The van der Waals surface area contributed by atoms with Gasteiger partial charge in [0.2, 0.25) is 0 Å². The Labute approximate surface area is 392 Å². The van der Waals surface area contributed by atoms with Crippen molar-refractivity contribution >= 4 is 71.5 Å². The van der Waals surface area contributed by atoms with Crippen LogP contribution in [0.25, 0.3) is 44.1 Å². The van der Waals surface area contributed by atoms with Crippen LogP contribution < -0.4 is 10.2 Å². The first-order valence-electron chi connectivity index (χ1n) is 21.4. The summed E-state index contributed by atoms with van der Waals surface area (Å²) in [5.41, 5.74) is 11.2. The van der Waals surface area contributed by atoms with Crippen LogP contribution in [0.1, 0.15) is 109 Å². The van der Waals surface area contributed by atoms with Gasteiger partial charge in [0.05, 0.1) is 35.4 Å². The third-order valence-electron chi connectivity index (χ3n) is 13.0. The minimum Gasteiger partial charge on any atom is -0.550 e. The molecule has 2 fully saturated rings. The van der Waals surface area contributed by atoms with E-state index in [-0.39, 0.29) is 50.6 Å². The van der Waals surface area contributed by atoms with Crippen LogP contribution in [0.5, 0.6) is 0 Å². The van der Waals surface area contributed by atoms with Crippen molar-refractivity contribution < 1.29 is 49.0 Å². The van der Waals surface area contributed by atoms with E-state index in [1.807, 2.05) is 48.5 Å². The summed E-state index contributed by atoms with van der Waals surface area (Å²) in [6.07, 6.45) is -0.605. The number of hydrogen-bond donors (Lipinski definition) is 4. The number of benzene rings is 4. The number of rotatable bonds is 12. The molecule has 63 heavy (non-hydrogen) atoms. The molecule has 0 unspecified atom stereocenters. The molecule has 4 N–H and O–H groups in total. The van der Waals surface area contributed by atoms with E-state index >= 15 is 0 Å².